The average molecular weight is 361 g/mol. The summed E-state index contributed by atoms with van der Waals surface area (Å²) in [6, 6.07) is 9.77. The molecule has 6 nitrogen and oxygen atoms in total. The van der Waals surface area contributed by atoms with Gasteiger partial charge in [-0.1, -0.05) is 30.0 Å². The van der Waals surface area contributed by atoms with Crippen molar-refractivity contribution in [1.82, 2.24) is 14.8 Å². The van der Waals surface area contributed by atoms with Gasteiger partial charge in [0.05, 0.1) is 12.0 Å². The molecule has 0 bridgehead atoms. The highest BCUT2D eigenvalue weighted by Crippen LogP contribution is 2.24. The Bertz CT molecular complexity index is 849. The number of esters is 1. The summed E-state index contributed by atoms with van der Waals surface area (Å²) in [5.74, 6) is 0.443. The number of rotatable bonds is 7. The van der Waals surface area contributed by atoms with Crippen LogP contribution in [0.3, 0.4) is 0 Å². The number of hydrogen-bond acceptors (Lipinski definition) is 6. The maximum atomic E-state index is 13.5. The molecular weight excluding hydrogens is 345 g/mol. The fourth-order valence-electron chi connectivity index (χ4n) is 2.21. The second-order valence-electron chi connectivity index (χ2n) is 5.07. The molecule has 0 amide bonds. The highest BCUT2D eigenvalue weighted by molar-refractivity contribution is 7.99. The minimum atomic E-state index is -0.446. The van der Waals surface area contributed by atoms with Gasteiger partial charge in [0, 0.05) is 12.1 Å². The number of furan rings is 1. The Morgan fingerprint density at radius 2 is 2.12 bits per heavy atom. The van der Waals surface area contributed by atoms with Crippen LogP contribution in [0, 0.1) is 5.82 Å². The molecule has 2 aromatic heterocycles. The third-order valence-electron chi connectivity index (χ3n) is 3.44. The summed E-state index contributed by atoms with van der Waals surface area (Å²) in [7, 11) is 0. The van der Waals surface area contributed by atoms with Crippen molar-refractivity contribution in [3.63, 3.8) is 0 Å². The lowest BCUT2D eigenvalue weighted by molar-refractivity contribution is -0.141. The van der Waals surface area contributed by atoms with Gasteiger partial charge < -0.3 is 9.15 Å². The van der Waals surface area contributed by atoms with E-state index < -0.39 is 11.8 Å². The van der Waals surface area contributed by atoms with Crippen LogP contribution < -0.4 is 0 Å². The third kappa shape index (κ3) is 4.08. The molecule has 0 saturated carbocycles. The van der Waals surface area contributed by atoms with Crippen LogP contribution in [0.1, 0.15) is 12.5 Å². The number of hydrogen-bond donors (Lipinski definition) is 0. The van der Waals surface area contributed by atoms with E-state index in [2.05, 4.69) is 10.2 Å². The summed E-state index contributed by atoms with van der Waals surface area (Å²) in [6.45, 7) is 2.50. The lowest BCUT2D eigenvalue weighted by atomic mass is 10.2. The van der Waals surface area contributed by atoms with Gasteiger partial charge in [0.1, 0.15) is 12.4 Å². The van der Waals surface area contributed by atoms with Crippen molar-refractivity contribution >= 4 is 17.7 Å². The summed E-state index contributed by atoms with van der Waals surface area (Å²) in [6.07, 6.45) is 1.57. The molecule has 0 fully saturated rings. The summed E-state index contributed by atoms with van der Waals surface area (Å²) in [4.78, 5) is 11.9. The van der Waals surface area contributed by atoms with Gasteiger partial charge in [-0.25, -0.2) is 4.39 Å². The topological polar surface area (TPSA) is 70.2 Å². The average Bonchev–Trinajstić information content (AvgIpc) is 3.28. The fraction of sp³-hybridized carbons (Fsp3) is 0.235. The van der Waals surface area contributed by atoms with Gasteiger partial charge in [0.25, 0.3) is 0 Å². The van der Waals surface area contributed by atoms with E-state index in [0.29, 0.717) is 28.8 Å². The molecule has 2 heterocycles. The standard InChI is InChI=1S/C17H16FN3O3S/c1-2-21-16(14-8-5-9-23-14)19-20-17(21)25-11-15(22)24-10-12-6-3-4-7-13(12)18/h3-9H,2,10-11H2,1H3. The second kappa shape index (κ2) is 7.98. The molecule has 25 heavy (non-hydrogen) atoms. The predicted octanol–water partition coefficient (Wildman–Crippen LogP) is 3.53. The van der Waals surface area contributed by atoms with Gasteiger partial charge >= 0.3 is 5.97 Å². The largest absolute Gasteiger partial charge is 0.461 e. The number of aromatic nitrogens is 3. The van der Waals surface area contributed by atoms with E-state index in [1.807, 2.05) is 11.5 Å². The zero-order valence-electron chi connectivity index (χ0n) is 13.5. The highest BCUT2D eigenvalue weighted by atomic mass is 32.2. The summed E-state index contributed by atoms with van der Waals surface area (Å²) in [5.41, 5.74) is 0.345. The Hall–Kier alpha value is -2.61. The van der Waals surface area contributed by atoms with Gasteiger partial charge in [-0.3, -0.25) is 9.36 Å². The zero-order valence-corrected chi connectivity index (χ0v) is 14.3. The molecule has 0 spiro atoms. The summed E-state index contributed by atoms with van der Waals surface area (Å²) in [5, 5.41) is 8.80. The van der Waals surface area contributed by atoms with Crippen molar-refractivity contribution in [3.8, 4) is 11.6 Å². The van der Waals surface area contributed by atoms with Crippen LogP contribution in [0.15, 0.2) is 52.2 Å². The Labute approximate surface area is 148 Å². The van der Waals surface area contributed by atoms with Crippen molar-refractivity contribution in [3.05, 3.63) is 54.0 Å². The molecule has 0 N–H and O–H groups in total. The number of nitrogens with zero attached hydrogens (tertiary/aromatic N) is 3. The zero-order chi connectivity index (χ0) is 17.6. The molecule has 3 aromatic rings. The van der Waals surface area contributed by atoms with E-state index in [1.54, 1.807) is 36.6 Å². The van der Waals surface area contributed by atoms with Gasteiger partial charge in [-0.15, -0.1) is 10.2 Å². The molecule has 3 rings (SSSR count). The molecule has 0 aliphatic heterocycles. The van der Waals surface area contributed by atoms with Crippen molar-refractivity contribution < 1.29 is 18.3 Å². The van der Waals surface area contributed by atoms with Gasteiger partial charge in [-0.05, 0) is 25.1 Å². The number of benzene rings is 1. The first-order valence-corrected chi connectivity index (χ1v) is 8.66. The third-order valence-corrected chi connectivity index (χ3v) is 4.38. The number of halogens is 1. The second-order valence-corrected chi connectivity index (χ2v) is 6.01. The number of thioether (sulfide) groups is 1. The van der Waals surface area contributed by atoms with Crippen LogP contribution in [0.5, 0.6) is 0 Å². The molecule has 0 aliphatic rings. The smallest absolute Gasteiger partial charge is 0.316 e. The Kier molecular flexibility index (Phi) is 5.49. The van der Waals surface area contributed by atoms with Crippen LogP contribution in [0.25, 0.3) is 11.6 Å². The van der Waals surface area contributed by atoms with Crippen molar-refractivity contribution in [2.24, 2.45) is 0 Å². The number of ether oxygens (including phenoxy) is 1. The van der Waals surface area contributed by atoms with E-state index in [-0.39, 0.29) is 12.4 Å². The maximum absolute atomic E-state index is 13.5. The molecule has 0 unspecified atom stereocenters. The van der Waals surface area contributed by atoms with E-state index in [4.69, 9.17) is 9.15 Å². The molecule has 0 radical (unpaired) electrons. The first-order chi connectivity index (χ1) is 12.2. The number of carbonyl (C=O) groups is 1. The lowest BCUT2D eigenvalue weighted by Crippen LogP contribution is -2.09. The van der Waals surface area contributed by atoms with E-state index >= 15 is 0 Å². The van der Waals surface area contributed by atoms with Crippen LogP contribution in [0.4, 0.5) is 4.39 Å². The van der Waals surface area contributed by atoms with Crippen molar-refractivity contribution in [2.75, 3.05) is 5.75 Å². The Morgan fingerprint density at radius 3 is 2.84 bits per heavy atom. The van der Waals surface area contributed by atoms with Gasteiger partial charge in [-0.2, -0.15) is 0 Å². The van der Waals surface area contributed by atoms with Crippen LogP contribution >= 0.6 is 11.8 Å². The minimum Gasteiger partial charge on any atom is -0.461 e. The van der Waals surface area contributed by atoms with Crippen LogP contribution in [-0.2, 0) is 22.7 Å². The van der Waals surface area contributed by atoms with Gasteiger partial charge in [0.2, 0.25) is 0 Å². The fourth-order valence-corrected chi connectivity index (χ4v) is 3.01. The van der Waals surface area contributed by atoms with Crippen LogP contribution in [0.2, 0.25) is 0 Å². The molecule has 0 atom stereocenters. The van der Waals surface area contributed by atoms with Crippen LogP contribution in [-0.4, -0.2) is 26.5 Å². The lowest BCUT2D eigenvalue weighted by Gasteiger charge is -2.07. The highest BCUT2D eigenvalue weighted by Gasteiger charge is 2.16. The van der Waals surface area contributed by atoms with Gasteiger partial charge in [0.15, 0.2) is 16.7 Å². The SMILES string of the molecule is CCn1c(SCC(=O)OCc2ccccc2F)nnc1-c1ccco1. The summed E-state index contributed by atoms with van der Waals surface area (Å²) >= 11 is 1.22. The molecule has 1 aromatic carbocycles. The first kappa shape index (κ1) is 17.2. The maximum Gasteiger partial charge on any atom is 0.316 e. The normalized spacial score (nSPS) is 10.8. The molecule has 0 aliphatic carbocycles. The quantitative estimate of drug-likeness (QED) is 0.474. The molecule has 130 valence electrons. The molecule has 0 saturated heterocycles. The summed E-state index contributed by atoms with van der Waals surface area (Å²) < 4.78 is 25.8. The van der Waals surface area contributed by atoms with E-state index in [9.17, 15) is 9.18 Å². The van der Waals surface area contributed by atoms with E-state index in [1.165, 1.54) is 17.8 Å². The monoisotopic (exact) mass is 361 g/mol. The Balaban J connectivity index is 1.58. The van der Waals surface area contributed by atoms with Crippen molar-refractivity contribution in [1.29, 1.82) is 0 Å². The van der Waals surface area contributed by atoms with E-state index in [0.717, 1.165) is 0 Å². The number of carbonyl (C=O) groups excluding carboxylic acids is 1. The minimum absolute atomic E-state index is 0.0603. The Morgan fingerprint density at radius 1 is 1.28 bits per heavy atom. The van der Waals surface area contributed by atoms with Crippen molar-refractivity contribution in [2.45, 2.75) is 25.2 Å². The molecule has 8 heteroatoms. The predicted molar refractivity (Wildman–Crippen MR) is 90.3 cm³/mol. The molecular formula is C17H16FN3O3S. The first-order valence-electron chi connectivity index (χ1n) is 7.68.